The minimum absolute atomic E-state index is 0.0647. The highest BCUT2D eigenvalue weighted by atomic mass is 79.9. The largest absolute Gasteiger partial charge is 0.508 e. The van der Waals surface area contributed by atoms with E-state index in [1.54, 1.807) is 37.3 Å². The van der Waals surface area contributed by atoms with Gasteiger partial charge in [0, 0.05) is 31.0 Å². The van der Waals surface area contributed by atoms with Crippen molar-refractivity contribution in [1.82, 2.24) is 0 Å². The highest BCUT2D eigenvalue weighted by molar-refractivity contribution is 9.10. The summed E-state index contributed by atoms with van der Waals surface area (Å²) in [6.07, 6.45) is 0. The van der Waals surface area contributed by atoms with Gasteiger partial charge in [-0.25, -0.2) is 4.39 Å². The SMILES string of the molecule is Cc1ccc(N=[N+]=[N-])cc1O.[N-]=[N+]=Nc1ccc(Br)c(O)c1.[N-]=[N+]=Nc1cccc(O)c1Cl.[N-]=[N+]=Nc1cccc(O)c1F. The van der Waals surface area contributed by atoms with Gasteiger partial charge in [-0.15, -0.1) is 0 Å². The van der Waals surface area contributed by atoms with Crippen LogP contribution < -0.4 is 0 Å². The van der Waals surface area contributed by atoms with E-state index in [1.807, 2.05) is 0 Å². The van der Waals surface area contributed by atoms with Crippen LogP contribution in [0.25, 0.3) is 41.8 Å². The molecule has 0 saturated heterocycles. The number of hydrogen-bond donors (Lipinski definition) is 4. The van der Waals surface area contributed by atoms with Gasteiger partial charge in [0.2, 0.25) is 0 Å². The lowest BCUT2D eigenvalue weighted by Gasteiger charge is -1.97. The zero-order valence-electron chi connectivity index (χ0n) is 22.2. The highest BCUT2D eigenvalue weighted by Gasteiger charge is 2.03. The van der Waals surface area contributed by atoms with E-state index >= 15 is 0 Å². The molecule has 0 amide bonds. The van der Waals surface area contributed by atoms with Crippen LogP contribution in [0.5, 0.6) is 23.0 Å². The molecule has 4 aromatic rings. The van der Waals surface area contributed by atoms with Crippen LogP contribution in [0, 0.1) is 12.7 Å². The Labute approximate surface area is 260 Å². The average molecular weight is 686 g/mol. The smallest absolute Gasteiger partial charge is 0.174 e. The Kier molecular flexibility index (Phi) is 15.7. The highest BCUT2D eigenvalue weighted by Crippen LogP contribution is 2.32. The van der Waals surface area contributed by atoms with E-state index in [0.29, 0.717) is 15.8 Å². The molecule has 0 atom stereocenters. The average Bonchev–Trinajstić information content (AvgIpc) is 2.99. The first-order valence-corrected chi connectivity index (χ1v) is 12.6. The number of benzene rings is 4. The zero-order chi connectivity index (χ0) is 33.1. The molecule has 19 heteroatoms. The summed E-state index contributed by atoms with van der Waals surface area (Å²) in [7, 11) is 0. The summed E-state index contributed by atoms with van der Waals surface area (Å²) >= 11 is 8.65. The molecule has 0 saturated carbocycles. The van der Waals surface area contributed by atoms with Gasteiger partial charge in [0.15, 0.2) is 11.6 Å². The van der Waals surface area contributed by atoms with Gasteiger partial charge in [-0.1, -0.05) is 68.5 Å². The first-order valence-electron chi connectivity index (χ1n) is 11.4. The number of nitrogens with zero attached hydrogens (tertiary/aromatic N) is 12. The van der Waals surface area contributed by atoms with Crippen molar-refractivity contribution in [2.75, 3.05) is 0 Å². The molecule has 0 bridgehead atoms. The first-order chi connectivity index (χ1) is 21.0. The van der Waals surface area contributed by atoms with Crippen LogP contribution in [-0.4, -0.2) is 20.4 Å². The number of phenols is 4. The molecule has 44 heavy (non-hydrogen) atoms. The molecule has 16 nitrogen and oxygen atoms in total. The van der Waals surface area contributed by atoms with Crippen molar-refractivity contribution in [3.05, 3.63) is 135 Å². The van der Waals surface area contributed by atoms with Gasteiger partial charge in [0.05, 0.1) is 20.9 Å². The molecule has 0 aliphatic carbocycles. The van der Waals surface area contributed by atoms with E-state index in [4.69, 9.17) is 54.2 Å². The van der Waals surface area contributed by atoms with Crippen molar-refractivity contribution in [2.24, 2.45) is 20.5 Å². The molecule has 224 valence electrons. The molecule has 0 radical (unpaired) electrons. The van der Waals surface area contributed by atoms with Crippen LogP contribution >= 0.6 is 27.5 Å². The minimum atomic E-state index is -0.898. The van der Waals surface area contributed by atoms with Crippen molar-refractivity contribution in [3.8, 4) is 23.0 Å². The van der Waals surface area contributed by atoms with E-state index in [1.165, 1.54) is 42.5 Å². The quantitative estimate of drug-likeness (QED) is 0.0925. The molecule has 4 N–H and O–H groups in total. The summed E-state index contributed by atoms with van der Waals surface area (Å²) in [5.74, 6) is -1.29. The van der Waals surface area contributed by atoms with Crippen LogP contribution in [0.4, 0.5) is 27.1 Å². The summed E-state index contributed by atoms with van der Waals surface area (Å²) in [4.78, 5) is 10.1. The molecule has 4 aromatic carbocycles. The number of azide groups is 4. The van der Waals surface area contributed by atoms with Crippen molar-refractivity contribution in [2.45, 2.75) is 6.92 Å². The van der Waals surface area contributed by atoms with Crippen LogP contribution in [0.3, 0.4) is 0 Å². The molecule has 0 spiro atoms. The van der Waals surface area contributed by atoms with E-state index < -0.39 is 11.6 Å². The molecule has 4 rings (SSSR count). The van der Waals surface area contributed by atoms with Crippen LogP contribution in [0.2, 0.25) is 5.02 Å². The normalized spacial score (nSPS) is 8.82. The maximum Gasteiger partial charge on any atom is 0.174 e. The first kappa shape index (κ1) is 36.0. The van der Waals surface area contributed by atoms with Crippen molar-refractivity contribution >= 4 is 50.3 Å². The van der Waals surface area contributed by atoms with Gasteiger partial charge in [-0.2, -0.15) is 0 Å². The molecule has 0 heterocycles. The summed E-state index contributed by atoms with van der Waals surface area (Å²) < 4.78 is 13.3. The molecule has 0 unspecified atom stereocenters. The number of aryl methyl sites for hydroxylation is 1. The van der Waals surface area contributed by atoms with Gasteiger partial charge in [0.1, 0.15) is 17.2 Å². The third-order valence-corrected chi connectivity index (χ3v) is 5.72. The number of phenolic OH excluding ortho intramolecular Hbond substituents is 4. The Morgan fingerprint density at radius 1 is 0.636 bits per heavy atom. The second-order valence-electron chi connectivity index (χ2n) is 7.58. The third kappa shape index (κ3) is 12.3. The Bertz CT molecular complexity index is 1670. The Hall–Kier alpha value is -5.98. The second-order valence-corrected chi connectivity index (χ2v) is 8.82. The standard InChI is InChI=1S/C7H7N3O.C6H4BrN3O.C6H4ClN3O.C6H4FN3O/c1-5-2-3-6(9-10-8)4-7(5)11;7-5-2-1-4(9-10-8)3-6(5)11;2*7-6-4(9-10-8)2-1-3-5(6)11/h2-4,11H,1H3;3*1-3,11H. The van der Waals surface area contributed by atoms with Crippen LogP contribution in [0.15, 0.2) is 97.7 Å². The van der Waals surface area contributed by atoms with E-state index in [0.717, 1.165) is 5.56 Å². The molecular weight excluding hydrogens is 667 g/mol. The lowest BCUT2D eigenvalue weighted by molar-refractivity contribution is 0.433. The van der Waals surface area contributed by atoms with Crippen molar-refractivity contribution in [1.29, 1.82) is 0 Å². The second kappa shape index (κ2) is 19.2. The summed E-state index contributed by atoms with van der Waals surface area (Å²) in [6.45, 7) is 1.77. The third-order valence-electron chi connectivity index (χ3n) is 4.66. The number of halogens is 3. The molecule has 0 aromatic heterocycles. The predicted molar refractivity (Wildman–Crippen MR) is 165 cm³/mol. The Morgan fingerprint density at radius 3 is 1.64 bits per heavy atom. The van der Waals surface area contributed by atoms with Crippen molar-refractivity contribution in [3.63, 3.8) is 0 Å². The lowest BCUT2D eigenvalue weighted by atomic mass is 10.2. The number of rotatable bonds is 4. The summed E-state index contributed by atoms with van der Waals surface area (Å²) in [6, 6.07) is 17.7. The predicted octanol–water partition coefficient (Wildman–Crippen LogP) is 11.2. The van der Waals surface area contributed by atoms with E-state index in [-0.39, 0.29) is 33.6 Å². The topological polar surface area (TPSA) is 276 Å². The summed E-state index contributed by atoms with van der Waals surface area (Å²) in [5.41, 5.74) is 33.7. The fourth-order valence-electron chi connectivity index (χ4n) is 2.59. The molecule has 0 fully saturated rings. The number of aromatic hydroxyl groups is 4. The Balaban J connectivity index is 0.000000293. The number of hydrogen-bond acceptors (Lipinski definition) is 8. The van der Waals surface area contributed by atoms with Gasteiger partial charge < -0.3 is 20.4 Å². The maximum atomic E-state index is 12.7. The molecular formula is C25H19BrClFN12O4. The summed E-state index contributed by atoms with van der Waals surface area (Å²) in [5, 5.41) is 49.0. The Morgan fingerprint density at radius 2 is 1.11 bits per heavy atom. The van der Waals surface area contributed by atoms with Gasteiger partial charge in [0.25, 0.3) is 0 Å². The fourth-order valence-corrected chi connectivity index (χ4v) is 3.00. The maximum absolute atomic E-state index is 12.7. The van der Waals surface area contributed by atoms with Gasteiger partial charge in [-0.3, -0.25) is 0 Å². The minimum Gasteiger partial charge on any atom is -0.508 e. The van der Waals surface area contributed by atoms with Gasteiger partial charge in [-0.05, 0) is 86.9 Å². The molecule has 0 aliphatic rings. The van der Waals surface area contributed by atoms with E-state index in [9.17, 15) is 4.39 Å². The molecule has 0 aliphatic heterocycles. The van der Waals surface area contributed by atoms with Crippen LogP contribution in [0.1, 0.15) is 5.56 Å². The van der Waals surface area contributed by atoms with E-state index in [2.05, 4.69) is 56.0 Å². The van der Waals surface area contributed by atoms with Crippen LogP contribution in [-0.2, 0) is 0 Å². The van der Waals surface area contributed by atoms with Gasteiger partial charge >= 0.3 is 0 Å². The fraction of sp³-hybridized carbons (Fsp3) is 0.0400. The van der Waals surface area contributed by atoms with Crippen molar-refractivity contribution < 1.29 is 24.8 Å². The monoisotopic (exact) mass is 684 g/mol. The zero-order valence-corrected chi connectivity index (χ0v) is 24.6. The lowest BCUT2D eigenvalue weighted by Crippen LogP contribution is -1.74.